The van der Waals surface area contributed by atoms with E-state index in [9.17, 15) is 9.59 Å². The molecule has 0 unspecified atom stereocenters. The van der Waals surface area contributed by atoms with E-state index in [2.05, 4.69) is 10.5 Å². The molecule has 0 fully saturated rings. The SMILES string of the molecule is COc1cc(/C=N/NC(=O)COc2ccc(Cl)cc2)ccc1OC(=O)c1cccs1. The van der Waals surface area contributed by atoms with Crippen molar-refractivity contribution in [3.05, 3.63) is 75.4 Å². The van der Waals surface area contributed by atoms with Crippen molar-refractivity contribution in [2.75, 3.05) is 13.7 Å². The molecule has 1 aromatic heterocycles. The monoisotopic (exact) mass is 444 g/mol. The molecule has 1 heterocycles. The van der Waals surface area contributed by atoms with Gasteiger partial charge in [-0.3, -0.25) is 4.79 Å². The van der Waals surface area contributed by atoms with E-state index in [0.29, 0.717) is 27.0 Å². The first-order valence-corrected chi connectivity index (χ1v) is 9.95. The summed E-state index contributed by atoms with van der Waals surface area (Å²) in [7, 11) is 1.47. The summed E-state index contributed by atoms with van der Waals surface area (Å²) >= 11 is 7.08. The van der Waals surface area contributed by atoms with Crippen LogP contribution in [0.2, 0.25) is 5.02 Å². The van der Waals surface area contributed by atoms with Crippen molar-refractivity contribution >= 4 is 41.0 Å². The van der Waals surface area contributed by atoms with Gasteiger partial charge in [0.05, 0.1) is 13.3 Å². The van der Waals surface area contributed by atoms with Gasteiger partial charge in [0.1, 0.15) is 10.6 Å². The number of hydrazone groups is 1. The van der Waals surface area contributed by atoms with Gasteiger partial charge in [-0.25, -0.2) is 10.2 Å². The van der Waals surface area contributed by atoms with E-state index in [-0.39, 0.29) is 12.4 Å². The van der Waals surface area contributed by atoms with Crippen LogP contribution in [0.5, 0.6) is 17.2 Å². The van der Waals surface area contributed by atoms with Gasteiger partial charge in [0, 0.05) is 5.02 Å². The number of hydrogen-bond acceptors (Lipinski definition) is 7. The molecular weight excluding hydrogens is 428 g/mol. The second kappa shape index (κ2) is 10.4. The highest BCUT2D eigenvalue weighted by Crippen LogP contribution is 2.28. The normalized spacial score (nSPS) is 10.6. The average molecular weight is 445 g/mol. The van der Waals surface area contributed by atoms with Crippen molar-refractivity contribution in [1.82, 2.24) is 5.43 Å². The van der Waals surface area contributed by atoms with Gasteiger partial charge in [-0.1, -0.05) is 17.7 Å². The minimum Gasteiger partial charge on any atom is -0.493 e. The smallest absolute Gasteiger partial charge is 0.353 e. The fourth-order valence-corrected chi connectivity index (χ4v) is 3.01. The van der Waals surface area contributed by atoms with Crippen molar-refractivity contribution in [2.24, 2.45) is 5.10 Å². The number of benzene rings is 2. The Labute approximate surface area is 181 Å². The summed E-state index contributed by atoms with van der Waals surface area (Å²) in [5, 5.41) is 6.26. The first-order valence-electron chi connectivity index (χ1n) is 8.69. The third-order valence-corrected chi connectivity index (χ3v) is 4.80. The minimum atomic E-state index is -0.460. The van der Waals surface area contributed by atoms with Crippen molar-refractivity contribution in [2.45, 2.75) is 0 Å². The summed E-state index contributed by atoms with van der Waals surface area (Å²) in [4.78, 5) is 24.4. The van der Waals surface area contributed by atoms with Gasteiger partial charge < -0.3 is 14.2 Å². The van der Waals surface area contributed by atoms with Crippen LogP contribution in [-0.2, 0) is 4.79 Å². The molecule has 0 saturated heterocycles. The number of ether oxygens (including phenoxy) is 3. The quantitative estimate of drug-likeness (QED) is 0.244. The first-order chi connectivity index (χ1) is 14.5. The van der Waals surface area contributed by atoms with Gasteiger partial charge in [-0.15, -0.1) is 11.3 Å². The molecule has 9 heteroatoms. The predicted molar refractivity (Wildman–Crippen MR) is 115 cm³/mol. The molecule has 0 saturated carbocycles. The Kier molecular flexibility index (Phi) is 7.42. The zero-order valence-electron chi connectivity index (χ0n) is 15.8. The highest BCUT2D eigenvalue weighted by atomic mass is 35.5. The highest BCUT2D eigenvalue weighted by Gasteiger charge is 2.13. The molecular formula is C21H17ClN2O5S. The molecule has 0 radical (unpaired) electrons. The fourth-order valence-electron chi connectivity index (χ4n) is 2.28. The zero-order chi connectivity index (χ0) is 21.3. The van der Waals surface area contributed by atoms with E-state index in [4.69, 9.17) is 25.8 Å². The van der Waals surface area contributed by atoms with E-state index < -0.39 is 11.9 Å². The van der Waals surface area contributed by atoms with Crippen molar-refractivity contribution in [3.8, 4) is 17.2 Å². The number of esters is 1. The number of carbonyl (C=O) groups excluding carboxylic acids is 2. The maximum Gasteiger partial charge on any atom is 0.353 e. The van der Waals surface area contributed by atoms with E-state index in [0.717, 1.165) is 0 Å². The summed E-state index contributed by atoms with van der Waals surface area (Å²) in [6.45, 7) is -0.195. The molecule has 0 aliphatic heterocycles. The van der Waals surface area contributed by atoms with E-state index in [1.54, 1.807) is 60.0 Å². The minimum absolute atomic E-state index is 0.195. The molecule has 0 aliphatic rings. The van der Waals surface area contributed by atoms with Crippen LogP contribution in [0.1, 0.15) is 15.2 Å². The number of rotatable bonds is 8. The van der Waals surface area contributed by atoms with Crippen LogP contribution in [0.25, 0.3) is 0 Å². The lowest BCUT2D eigenvalue weighted by atomic mass is 10.2. The molecule has 154 valence electrons. The number of carbonyl (C=O) groups is 2. The predicted octanol–water partition coefficient (Wildman–Crippen LogP) is 4.16. The lowest BCUT2D eigenvalue weighted by Gasteiger charge is -2.09. The summed E-state index contributed by atoms with van der Waals surface area (Å²) in [6, 6.07) is 15.0. The standard InChI is InChI=1S/C21H17ClN2O5S/c1-27-18-11-14(4-9-17(18)29-21(26)19-3-2-10-30-19)12-23-24-20(25)13-28-16-7-5-15(22)6-8-16/h2-12H,13H2,1H3,(H,24,25)/b23-12+. The summed E-state index contributed by atoms with van der Waals surface area (Å²) in [6.07, 6.45) is 1.44. The maximum absolute atomic E-state index is 12.1. The highest BCUT2D eigenvalue weighted by molar-refractivity contribution is 7.12. The van der Waals surface area contributed by atoms with E-state index >= 15 is 0 Å². The maximum atomic E-state index is 12.1. The molecule has 0 aliphatic carbocycles. The third kappa shape index (κ3) is 6.07. The molecule has 30 heavy (non-hydrogen) atoms. The Morgan fingerprint density at radius 1 is 1.13 bits per heavy atom. The molecule has 0 spiro atoms. The Bertz CT molecular complexity index is 1040. The Balaban J connectivity index is 1.54. The van der Waals surface area contributed by atoms with Crippen LogP contribution in [0.15, 0.2) is 65.1 Å². The number of halogens is 1. The number of methoxy groups -OCH3 is 1. The van der Waals surface area contributed by atoms with Crippen LogP contribution >= 0.6 is 22.9 Å². The summed E-state index contributed by atoms with van der Waals surface area (Å²) in [5.41, 5.74) is 3.01. The fraction of sp³-hybridized carbons (Fsp3) is 0.0952. The van der Waals surface area contributed by atoms with Crippen molar-refractivity contribution in [1.29, 1.82) is 0 Å². The molecule has 7 nitrogen and oxygen atoms in total. The zero-order valence-corrected chi connectivity index (χ0v) is 17.4. The van der Waals surface area contributed by atoms with Gasteiger partial charge >= 0.3 is 5.97 Å². The van der Waals surface area contributed by atoms with Gasteiger partial charge in [-0.05, 0) is 59.5 Å². The second-order valence-corrected chi connectivity index (χ2v) is 7.20. The van der Waals surface area contributed by atoms with Gasteiger partial charge in [-0.2, -0.15) is 5.10 Å². The molecule has 3 aromatic rings. The number of hydrogen-bond donors (Lipinski definition) is 1. The van der Waals surface area contributed by atoms with Gasteiger partial charge in [0.25, 0.3) is 5.91 Å². The Morgan fingerprint density at radius 2 is 1.93 bits per heavy atom. The lowest BCUT2D eigenvalue weighted by molar-refractivity contribution is -0.123. The molecule has 0 atom stereocenters. The first kappa shape index (κ1) is 21.4. The number of amides is 1. The van der Waals surface area contributed by atoms with Crippen LogP contribution in [0.3, 0.4) is 0 Å². The molecule has 1 amide bonds. The third-order valence-electron chi connectivity index (χ3n) is 3.70. The number of nitrogens with zero attached hydrogens (tertiary/aromatic N) is 1. The van der Waals surface area contributed by atoms with Gasteiger partial charge in [0.15, 0.2) is 18.1 Å². The number of nitrogens with one attached hydrogen (secondary N) is 1. The molecule has 3 rings (SSSR count). The van der Waals surface area contributed by atoms with Crippen LogP contribution in [0.4, 0.5) is 0 Å². The van der Waals surface area contributed by atoms with Crippen LogP contribution in [-0.4, -0.2) is 31.8 Å². The van der Waals surface area contributed by atoms with Crippen molar-refractivity contribution in [3.63, 3.8) is 0 Å². The Hall–Kier alpha value is -3.36. The summed E-state index contributed by atoms with van der Waals surface area (Å²) in [5.74, 6) is 0.290. The molecule has 0 bridgehead atoms. The topological polar surface area (TPSA) is 86.2 Å². The Morgan fingerprint density at radius 3 is 2.63 bits per heavy atom. The van der Waals surface area contributed by atoms with Crippen LogP contribution < -0.4 is 19.6 Å². The van der Waals surface area contributed by atoms with Gasteiger partial charge in [0.2, 0.25) is 0 Å². The molecule has 1 N–H and O–H groups in total. The molecule has 2 aromatic carbocycles. The van der Waals surface area contributed by atoms with E-state index in [1.807, 2.05) is 0 Å². The number of thiophene rings is 1. The van der Waals surface area contributed by atoms with Crippen LogP contribution in [0, 0.1) is 0 Å². The van der Waals surface area contributed by atoms with Crippen molar-refractivity contribution < 1.29 is 23.8 Å². The largest absolute Gasteiger partial charge is 0.493 e. The summed E-state index contributed by atoms with van der Waals surface area (Å²) < 4.78 is 16.0. The second-order valence-electron chi connectivity index (χ2n) is 5.81. The lowest BCUT2D eigenvalue weighted by Crippen LogP contribution is -2.24. The van der Waals surface area contributed by atoms with E-state index in [1.165, 1.54) is 24.7 Å². The average Bonchev–Trinajstić information content (AvgIpc) is 3.29.